The Hall–Kier alpha value is -3.43. The zero-order valence-electron chi connectivity index (χ0n) is 17.2. The Labute approximate surface area is 192 Å². The molecule has 3 amide bonds. The van der Waals surface area contributed by atoms with Gasteiger partial charge in [-0.15, -0.1) is 0 Å². The van der Waals surface area contributed by atoms with Gasteiger partial charge in [-0.05, 0) is 76.9 Å². The zero-order chi connectivity index (χ0) is 22.7. The minimum Gasteiger partial charge on any atom is -0.444 e. The van der Waals surface area contributed by atoms with Crippen LogP contribution in [0.5, 0.6) is 0 Å². The number of furan rings is 1. The molecule has 0 unspecified atom stereocenters. The fourth-order valence-electron chi connectivity index (χ4n) is 3.29. The number of aryl methyl sites for hydroxylation is 1. The van der Waals surface area contributed by atoms with Crippen LogP contribution in [0.25, 0.3) is 0 Å². The molecule has 0 radical (unpaired) electrons. The Bertz CT molecular complexity index is 1170. The van der Waals surface area contributed by atoms with Crippen LogP contribution in [0, 0.1) is 6.92 Å². The molecule has 2 heterocycles. The van der Waals surface area contributed by atoms with E-state index in [1.54, 1.807) is 59.5 Å². The normalized spacial score (nSPS) is 13.7. The third kappa shape index (κ3) is 4.90. The molecule has 0 saturated carbocycles. The Balaban J connectivity index is 1.45. The number of nitrogens with one attached hydrogen (secondary N) is 2. The van der Waals surface area contributed by atoms with Crippen LogP contribution < -0.4 is 15.5 Å². The van der Waals surface area contributed by atoms with Gasteiger partial charge in [0.25, 0.3) is 17.7 Å². The molecule has 1 aliphatic heterocycles. The summed E-state index contributed by atoms with van der Waals surface area (Å²) >= 11 is 3.16. The van der Waals surface area contributed by atoms with E-state index in [1.165, 1.54) is 0 Å². The predicted octanol–water partition coefficient (Wildman–Crippen LogP) is 4.22. The van der Waals surface area contributed by atoms with Crippen LogP contribution in [-0.2, 0) is 9.53 Å². The van der Waals surface area contributed by atoms with Gasteiger partial charge in [-0.2, -0.15) is 0 Å². The van der Waals surface area contributed by atoms with Gasteiger partial charge in [0.2, 0.25) is 0 Å². The molecular weight excluding hydrogens is 478 g/mol. The lowest BCUT2D eigenvalue weighted by atomic mass is 10.1. The van der Waals surface area contributed by atoms with E-state index >= 15 is 0 Å². The van der Waals surface area contributed by atoms with Crippen molar-refractivity contribution in [1.82, 2.24) is 0 Å². The minimum absolute atomic E-state index is 0.0713. The summed E-state index contributed by atoms with van der Waals surface area (Å²) in [4.78, 5) is 38.8. The molecule has 164 valence electrons. The fourth-order valence-corrected chi connectivity index (χ4v) is 3.59. The third-order valence-electron chi connectivity index (χ3n) is 4.96. The van der Waals surface area contributed by atoms with Crippen molar-refractivity contribution < 1.29 is 23.5 Å². The Kier molecular flexibility index (Phi) is 6.38. The van der Waals surface area contributed by atoms with E-state index in [2.05, 4.69) is 26.6 Å². The lowest BCUT2D eigenvalue weighted by Gasteiger charge is -2.26. The average Bonchev–Trinajstić information content (AvgIpc) is 3.22. The number of benzene rings is 2. The summed E-state index contributed by atoms with van der Waals surface area (Å²) in [6.45, 7) is 2.88. The number of morpholine rings is 1. The molecule has 1 aromatic heterocycles. The van der Waals surface area contributed by atoms with Crippen LogP contribution in [0.4, 0.5) is 17.1 Å². The van der Waals surface area contributed by atoms with Crippen molar-refractivity contribution in [2.75, 3.05) is 35.3 Å². The van der Waals surface area contributed by atoms with Gasteiger partial charge < -0.3 is 24.7 Å². The average molecular weight is 498 g/mol. The zero-order valence-corrected chi connectivity index (χ0v) is 18.8. The molecule has 0 spiro atoms. The van der Waals surface area contributed by atoms with Crippen LogP contribution >= 0.6 is 15.9 Å². The molecule has 2 aromatic carbocycles. The number of ether oxygens (including phenoxy) is 1. The predicted molar refractivity (Wildman–Crippen MR) is 123 cm³/mol. The van der Waals surface area contributed by atoms with Gasteiger partial charge in [0, 0.05) is 29.2 Å². The molecule has 1 aliphatic rings. The fraction of sp³-hybridized carbons (Fsp3) is 0.174. The van der Waals surface area contributed by atoms with Gasteiger partial charge in [0.15, 0.2) is 10.4 Å². The maximum atomic E-state index is 12.9. The highest BCUT2D eigenvalue weighted by molar-refractivity contribution is 9.10. The summed E-state index contributed by atoms with van der Waals surface area (Å²) in [5.41, 5.74) is 3.00. The first kappa shape index (κ1) is 21.8. The number of hydrogen-bond acceptors (Lipinski definition) is 5. The van der Waals surface area contributed by atoms with Gasteiger partial charge in [-0.1, -0.05) is 6.07 Å². The third-order valence-corrected chi connectivity index (χ3v) is 5.39. The van der Waals surface area contributed by atoms with Gasteiger partial charge in [-0.25, -0.2) is 0 Å². The molecule has 3 aromatic rings. The van der Waals surface area contributed by atoms with Gasteiger partial charge in [0.1, 0.15) is 6.61 Å². The van der Waals surface area contributed by atoms with Crippen molar-refractivity contribution in [2.45, 2.75) is 6.92 Å². The number of anilines is 3. The molecule has 1 saturated heterocycles. The highest BCUT2D eigenvalue weighted by atomic mass is 79.9. The van der Waals surface area contributed by atoms with E-state index < -0.39 is 5.91 Å². The summed E-state index contributed by atoms with van der Waals surface area (Å²) in [5.74, 6) is -0.666. The van der Waals surface area contributed by atoms with Crippen LogP contribution in [0.15, 0.2) is 63.7 Å². The van der Waals surface area contributed by atoms with E-state index in [-0.39, 0.29) is 24.2 Å². The van der Waals surface area contributed by atoms with Crippen molar-refractivity contribution in [3.8, 4) is 0 Å². The maximum Gasteiger partial charge on any atom is 0.291 e. The summed E-state index contributed by atoms with van der Waals surface area (Å²) in [5, 5.41) is 5.58. The number of nitrogens with zero attached hydrogens (tertiary/aromatic N) is 1. The van der Waals surface area contributed by atoms with Crippen molar-refractivity contribution in [3.63, 3.8) is 0 Å². The van der Waals surface area contributed by atoms with Crippen LogP contribution in [0.2, 0.25) is 0 Å². The SMILES string of the molecule is Cc1ccc(NC(=O)c2ccc(Br)o2)cc1C(=O)Nc1ccc(N2CCOCC2=O)cc1. The Morgan fingerprint density at radius 2 is 1.69 bits per heavy atom. The molecule has 32 heavy (non-hydrogen) atoms. The van der Waals surface area contributed by atoms with E-state index in [1.807, 2.05) is 6.92 Å². The summed E-state index contributed by atoms with van der Waals surface area (Å²) in [7, 11) is 0. The second-order valence-electron chi connectivity index (χ2n) is 7.19. The van der Waals surface area contributed by atoms with Crippen molar-refractivity contribution in [2.24, 2.45) is 0 Å². The van der Waals surface area contributed by atoms with Crippen LogP contribution in [-0.4, -0.2) is 37.5 Å². The Morgan fingerprint density at radius 3 is 2.38 bits per heavy atom. The number of carbonyl (C=O) groups excluding carboxylic acids is 3. The van der Waals surface area contributed by atoms with E-state index in [4.69, 9.17) is 9.15 Å². The minimum atomic E-state index is -0.417. The maximum absolute atomic E-state index is 12.9. The topological polar surface area (TPSA) is 101 Å². The number of amides is 3. The highest BCUT2D eigenvalue weighted by Gasteiger charge is 2.20. The first-order valence-corrected chi connectivity index (χ1v) is 10.7. The second-order valence-corrected chi connectivity index (χ2v) is 7.97. The summed E-state index contributed by atoms with van der Waals surface area (Å²) in [6, 6.07) is 15.3. The molecular formula is C23H20BrN3O5. The summed E-state index contributed by atoms with van der Waals surface area (Å²) in [6.07, 6.45) is 0. The van der Waals surface area contributed by atoms with Crippen LogP contribution in [0.1, 0.15) is 26.5 Å². The number of carbonyl (C=O) groups is 3. The van der Waals surface area contributed by atoms with Crippen LogP contribution in [0.3, 0.4) is 0 Å². The lowest BCUT2D eigenvalue weighted by molar-refractivity contribution is -0.125. The van der Waals surface area contributed by atoms with Gasteiger partial charge >= 0.3 is 0 Å². The quantitative estimate of drug-likeness (QED) is 0.549. The number of rotatable bonds is 5. The molecule has 0 aliphatic carbocycles. The number of halogens is 1. The number of hydrogen-bond donors (Lipinski definition) is 2. The largest absolute Gasteiger partial charge is 0.444 e. The lowest BCUT2D eigenvalue weighted by Crippen LogP contribution is -2.41. The molecule has 2 N–H and O–H groups in total. The van der Waals surface area contributed by atoms with Crippen molar-refractivity contribution in [1.29, 1.82) is 0 Å². The molecule has 9 heteroatoms. The monoisotopic (exact) mass is 497 g/mol. The van der Waals surface area contributed by atoms with E-state index in [0.29, 0.717) is 34.8 Å². The first-order chi connectivity index (χ1) is 15.4. The molecule has 0 atom stereocenters. The second kappa shape index (κ2) is 9.37. The smallest absolute Gasteiger partial charge is 0.291 e. The van der Waals surface area contributed by atoms with Gasteiger partial charge in [-0.3, -0.25) is 14.4 Å². The Morgan fingerprint density at radius 1 is 0.969 bits per heavy atom. The summed E-state index contributed by atoms with van der Waals surface area (Å²) < 4.78 is 10.9. The molecule has 0 bridgehead atoms. The first-order valence-electron chi connectivity index (χ1n) is 9.87. The van der Waals surface area contributed by atoms with Crippen molar-refractivity contribution in [3.05, 3.63) is 76.2 Å². The van der Waals surface area contributed by atoms with E-state index in [0.717, 1.165) is 11.3 Å². The molecule has 4 rings (SSSR count). The van der Waals surface area contributed by atoms with Gasteiger partial charge in [0.05, 0.1) is 6.61 Å². The standard InChI is InChI=1S/C23H20BrN3O5/c1-14-2-3-16(26-23(30)19-8-9-20(24)32-19)12-18(14)22(29)25-15-4-6-17(7-5-15)27-10-11-31-13-21(27)28/h2-9,12H,10-11,13H2,1H3,(H,25,29)(H,26,30). The van der Waals surface area contributed by atoms with E-state index in [9.17, 15) is 14.4 Å². The highest BCUT2D eigenvalue weighted by Crippen LogP contribution is 2.22. The molecule has 1 fully saturated rings. The molecule has 8 nitrogen and oxygen atoms in total. The van der Waals surface area contributed by atoms with Crippen molar-refractivity contribution >= 4 is 50.7 Å².